The van der Waals surface area contributed by atoms with Crippen LogP contribution in [0, 0.1) is 11.6 Å². The maximum Gasteiger partial charge on any atom is 0.246 e. The van der Waals surface area contributed by atoms with Gasteiger partial charge in [0.05, 0.1) is 7.11 Å². The Balaban J connectivity index is 2.30. The summed E-state index contributed by atoms with van der Waals surface area (Å²) >= 11 is 0. The summed E-state index contributed by atoms with van der Waals surface area (Å²) in [4.78, 5) is -0.683. The van der Waals surface area contributed by atoms with E-state index in [1.165, 1.54) is 14.2 Å². The molecule has 0 unspecified atom stereocenters. The second-order valence-corrected chi connectivity index (χ2v) is 6.70. The Morgan fingerprint density at radius 3 is 2.55 bits per heavy atom. The fourth-order valence-corrected chi connectivity index (χ4v) is 3.19. The van der Waals surface area contributed by atoms with Gasteiger partial charge in [0.1, 0.15) is 22.3 Å². The van der Waals surface area contributed by atoms with Crippen LogP contribution in [0.1, 0.15) is 5.56 Å². The zero-order valence-electron chi connectivity index (χ0n) is 12.1. The summed E-state index contributed by atoms with van der Waals surface area (Å²) in [5, 5.41) is 0. The van der Waals surface area contributed by atoms with E-state index < -0.39 is 26.6 Å². The highest BCUT2D eigenvalue weighted by Crippen LogP contribution is 2.22. The van der Waals surface area contributed by atoms with Crippen molar-refractivity contribution in [1.29, 1.82) is 0 Å². The zero-order chi connectivity index (χ0) is 16.3. The predicted octanol–water partition coefficient (Wildman–Crippen LogP) is 2.79. The first-order chi connectivity index (χ1) is 10.3. The molecule has 0 N–H and O–H groups in total. The van der Waals surface area contributed by atoms with Crippen LogP contribution >= 0.6 is 0 Å². The summed E-state index contributed by atoms with van der Waals surface area (Å²) in [5.74, 6) is -1.21. The summed E-state index contributed by atoms with van der Waals surface area (Å²) in [6.07, 6.45) is 0. The smallest absolute Gasteiger partial charge is 0.246 e. The number of benzene rings is 2. The molecule has 0 aliphatic heterocycles. The Morgan fingerprint density at radius 2 is 1.86 bits per heavy atom. The van der Waals surface area contributed by atoms with Crippen molar-refractivity contribution in [1.82, 2.24) is 4.31 Å². The third-order valence-corrected chi connectivity index (χ3v) is 4.94. The van der Waals surface area contributed by atoms with Crippen molar-refractivity contribution in [3.05, 3.63) is 59.7 Å². The molecule has 118 valence electrons. The molecule has 0 heterocycles. The van der Waals surface area contributed by atoms with Gasteiger partial charge in [0.15, 0.2) is 0 Å². The quantitative estimate of drug-likeness (QED) is 0.848. The average molecular weight is 327 g/mol. The molecule has 2 rings (SSSR count). The molecular formula is C15H15F2NO3S. The van der Waals surface area contributed by atoms with Gasteiger partial charge in [-0.15, -0.1) is 0 Å². The summed E-state index contributed by atoms with van der Waals surface area (Å²) in [5.41, 5.74) is 0.669. The van der Waals surface area contributed by atoms with E-state index in [2.05, 4.69) is 0 Å². The van der Waals surface area contributed by atoms with Crippen molar-refractivity contribution < 1.29 is 21.9 Å². The molecule has 0 spiro atoms. The Morgan fingerprint density at radius 1 is 1.14 bits per heavy atom. The molecule has 0 radical (unpaired) electrons. The lowest BCUT2D eigenvalue weighted by atomic mass is 10.2. The third-order valence-electron chi connectivity index (χ3n) is 3.12. The van der Waals surface area contributed by atoms with Crippen LogP contribution in [0.4, 0.5) is 8.78 Å². The number of ether oxygens (including phenoxy) is 1. The van der Waals surface area contributed by atoms with Gasteiger partial charge >= 0.3 is 0 Å². The van der Waals surface area contributed by atoms with E-state index in [1.807, 2.05) is 0 Å². The van der Waals surface area contributed by atoms with Crippen LogP contribution < -0.4 is 4.74 Å². The topological polar surface area (TPSA) is 46.6 Å². The van der Waals surface area contributed by atoms with Crippen LogP contribution in [0.2, 0.25) is 0 Å². The summed E-state index contributed by atoms with van der Waals surface area (Å²) in [6.45, 7) is 0.00941. The van der Waals surface area contributed by atoms with Crippen LogP contribution in [-0.2, 0) is 16.6 Å². The SMILES string of the molecule is COc1cccc(CN(C)S(=O)(=O)c2cc(F)ccc2F)c1. The number of methoxy groups -OCH3 is 1. The number of hydrogen-bond donors (Lipinski definition) is 0. The third kappa shape index (κ3) is 3.42. The van der Waals surface area contributed by atoms with Crippen molar-refractivity contribution in [3.8, 4) is 5.75 Å². The van der Waals surface area contributed by atoms with Gasteiger partial charge < -0.3 is 4.74 Å². The molecule has 2 aromatic carbocycles. The number of hydrogen-bond acceptors (Lipinski definition) is 3. The Hall–Kier alpha value is -1.99. The largest absolute Gasteiger partial charge is 0.497 e. The van der Waals surface area contributed by atoms with Crippen molar-refractivity contribution in [2.24, 2.45) is 0 Å². The minimum absolute atomic E-state index is 0.00941. The maximum absolute atomic E-state index is 13.7. The van der Waals surface area contributed by atoms with E-state index in [4.69, 9.17) is 4.74 Å². The second-order valence-electron chi connectivity index (χ2n) is 4.69. The second kappa shape index (κ2) is 6.41. The Bertz CT molecular complexity index is 778. The molecular weight excluding hydrogens is 312 g/mol. The lowest BCUT2D eigenvalue weighted by Gasteiger charge is -2.18. The molecule has 2 aromatic rings. The molecule has 0 amide bonds. The van der Waals surface area contributed by atoms with E-state index in [1.54, 1.807) is 24.3 Å². The standard InChI is InChI=1S/C15H15F2NO3S/c1-18(10-11-4-3-5-13(8-11)21-2)22(19,20)15-9-12(16)6-7-14(15)17/h3-9H,10H2,1-2H3. The van der Waals surface area contributed by atoms with Crippen molar-refractivity contribution >= 4 is 10.0 Å². The van der Waals surface area contributed by atoms with Gasteiger partial charge in [-0.1, -0.05) is 12.1 Å². The van der Waals surface area contributed by atoms with Gasteiger partial charge in [0.2, 0.25) is 10.0 Å². The summed E-state index contributed by atoms with van der Waals surface area (Å²) in [6, 6.07) is 9.18. The van der Waals surface area contributed by atoms with E-state index in [-0.39, 0.29) is 6.54 Å². The molecule has 7 heteroatoms. The minimum atomic E-state index is -4.13. The lowest BCUT2D eigenvalue weighted by Crippen LogP contribution is -2.27. The fraction of sp³-hybridized carbons (Fsp3) is 0.200. The molecule has 0 aromatic heterocycles. The maximum atomic E-state index is 13.7. The number of nitrogens with zero attached hydrogens (tertiary/aromatic N) is 1. The highest BCUT2D eigenvalue weighted by molar-refractivity contribution is 7.89. The molecule has 0 saturated heterocycles. The van der Waals surface area contributed by atoms with Gasteiger partial charge in [-0.2, -0.15) is 4.31 Å². The van der Waals surface area contributed by atoms with E-state index in [9.17, 15) is 17.2 Å². The number of rotatable bonds is 5. The van der Waals surface area contributed by atoms with Gasteiger partial charge in [-0.3, -0.25) is 0 Å². The fourth-order valence-electron chi connectivity index (χ4n) is 1.96. The predicted molar refractivity (Wildman–Crippen MR) is 78.0 cm³/mol. The minimum Gasteiger partial charge on any atom is -0.497 e. The molecule has 4 nitrogen and oxygen atoms in total. The molecule has 0 fully saturated rings. The molecule has 22 heavy (non-hydrogen) atoms. The lowest BCUT2D eigenvalue weighted by molar-refractivity contribution is 0.412. The van der Waals surface area contributed by atoms with E-state index >= 15 is 0 Å². The Kier molecular flexibility index (Phi) is 4.77. The van der Waals surface area contributed by atoms with E-state index in [0.717, 1.165) is 16.4 Å². The van der Waals surface area contributed by atoms with Crippen molar-refractivity contribution in [2.75, 3.05) is 14.2 Å². The first-order valence-corrected chi connectivity index (χ1v) is 7.83. The van der Waals surface area contributed by atoms with E-state index in [0.29, 0.717) is 17.4 Å². The van der Waals surface area contributed by atoms with Crippen LogP contribution in [0.3, 0.4) is 0 Å². The molecule has 0 atom stereocenters. The first-order valence-electron chi connectivity index (χ1n) is 6.39. The van der Waals surface area contributed by atoms with Crippen LogP contribution in [-0.4, -0.2) is 26.9 Å². The first kappa shape index (κ1) is 16.4. The van der Waals surface area contributed by atoms with Gasteiger partial charge in [0, 0.05) is 13.6 Å². The van der Waals surface area contributed by atoms with Gasteiger partial charge in [-0.25, -0.2) is 17.2 Å². The monoisotopic (exact) mass is 327 g/mol. The van der Waals surface area contributed by atoms with Crippen LogP contribution in [0.5, 0.6) is 5.75 Å². The summed E-state index contributed by atoms with van der Waals surface area (Å²) in [7, 11) is -1.33. The molecule has 0 bridgehead atoms. The highest BCUT2D eigenvalue weighted by Gasteiger charge is 2.25. The average Bonchev–Trinajstić information content (AvgIpc) is 2.49. The molecule has 0 aliphatic carbocycles. The molecule has 0 aliphatic rings. The highest BCUT2D eigenvalue weighted by atomic mass is 32.2. The molecule has 0 saturated carbocycles. The van der Waals surface area contributed by atoms with Crippen LogP contribution in [0.25, 0.3) is 0 Å². The van der Waals surface area contributed by atoms with Crippen molar-refractivity contribution in [2.45, 2.75) is 11.4 Å². The summed E-state index contributed by atoms with van der Waals surface area (Å²) < 4.78 is 57.6. The Labute approximate surface area is 128 Å². The number of sulfonamides is 1. The number of halogens is 2. The van der Waals surface area contributed by atoms with Gasteiger partial charge in [0.25, 0.3) is 0 Å². The normalized spacial score (nSPS) is 11.7. The zero-order valence-corrected chi connectivity index (χ0v) is 12.9. The van der Waals surface area contributed by atoms with Gasteiger partial charge in [-0.05, 0) is 35.9 Å². The van der Waals surface area contributed by atoms with Crippen LogP contribution in [0.15, 0.2) is 47.4 Å². The van der Waals surface area contributed by atoms with Crippen molar-refractivity contribution in [3.63, 3.8) is 0 Å².